The SMILES string of the molecule is CCCC[C@H](C(N)=O)[C@@H](CC1CCCC1)C(=O)NC1CN(c2ccccc2)c2ccccc2N(Cc2cccc(-c3ccc(C)cc3)c2)C1=O. The number of fused-ring (bicyclic) bond motifs is 1. The number of amides is 3. The third-order valence-corrected chi connectivity index (χ3v) is 10.5. The number of hydrogen-bond acceptors (Lipinski definition) is 4. The fourth-order valence-corrected chi connectivity index (χ4v) is 7.79. The van der Waals surface area contributed by atoms with Gasteiger partial charge in [-0.1, -0.05) is 124 Å². The monoisotopic (exact) mass is 670 g/mol. The van der Waals surface area contributed by atoms with Gasteiger partial charge in [0.15, 0.2) is 0 Å². The molecular weight excluding hydrogens is 620 g/mol. The Labute approximate surface area is 296 Å². The number of hydrogen-bond donors (Lipinski definition) is 2. The molecule has 3 amide bonds. The maximum Gasteiger partial charge on any atom is 0.251 e. The lowest BCUT2D eigenvalue weighted by Crippen LogP contribution is -2.54. The molecule has 0 radical (unpaired) electrons. The topological polar surface area (TPSA) is 95.7 Å². The largest absolute Gasteiger partial charge is 0.369 e. The van der Waals surface area contributed by atoms with Crippen LogP contribution in [-0.4, -0.2) is 30.3 Å². The summed E-state index contributed by atoms with van der Waals surface area (Å²) < 4.78 is 0. The summed E-state index contributed by atoms with van der Waals surface area (Å²) in [4.78, 5) is 46.1. The summed E-state index contributed by atoms with van der Waals surface area (Å²) in [6.45, 7) is 4.73. The van der Waals surface area contributed by atoms with Gasteiger partial charge in [0, 0.05) is 17.5 Å². The molecule has 3 atom stereocenters. The van der Waals surface area contributed by atoms with E-state index in [4.69, 9.17) is 5.73 Å². The minimum Gasteiger partial charge on any atom is -0.369 e. The molecule has 1 aliphatic carbocycles. The van der Waals surface area contributed by atoms with E-state index in [2.05, 4.69) is 60.5 Å². The summed E-state index contributed by atoms with van der Waals surface area (Å²) in [6, 6.07) is 33.8. The van der Waals surface area contributed by atoms with Crippen molar-refractivity contribution in [2.45, 2.75) is 77.8 Å². The molecule has 260 valence electrons. The predicted octanol–water partition coefficient (Wildman–Crippen LogP) is 8.32. The minimum absolute atomic E-state index is 0.186. The zero-order chi connectivity index (χ0) is 35.0. The molecule has 1 unspecified atom stereocenters. The van der Waals surface area contributed by atoms with Crippen molar-refractivity contribution in [3.63, 3.8) is 0 Å². The van der Waals surface area contributed by atoms with Crippen molar-refractivity contribution in [1.29, 1.82) is 0 Å². The molecule has 0 spiro atoms. The molecule has 0 saturated heterocycles. The average molecular weight is 671 g/mol. The van der Waals surface area contributed by atoms with Crippen LogP contribution < -0.4 is 20.9 Å². The second-order valence-electron chi connectivity index (χ2n) is 14.1. The van der Waals surface area contributed by atoms with Crippen LogP contribution >= 0.6 is 0 Å². The summed E-state index contributed by atoms with van der Waals surface area (Å²) >= 11 is 0. The third kappa shape index (κ3) is 8.10. The van der Waals surface area contributed by atoms with E-state index in [-0.39, 0.29) is 18.4 Å². The van der Waals surface area contributed by atoms with Gasteiger partial charge in [0.1, 0.15) is 6.04 Å². The van der Waals surface area contributed by atoms with Gasteiger partial charge in [-0.15, -0.1) is 0 Å². The molecule has 0 aromatic heterocycles. The summed E-state index contributed by atoms with van der Waals surface area (Å²) in [7, 11) is 0. The van der Waals surface area contributed by atoms with Gasteiger partial charge in [0.25, 0.3) is 5.91 Å². The van der Waals surface area contributed by atoms with Gasteiger partial charge >= 0.3 is 0 Å². The van der Waals surface area contributed by atoms with Crippen LogP contribution in [0, 0.1) is 24.7 Å². The van der Waals surface area contributed by atoms with E-state index in [0.717, 1.165) is 72.3 Å². The first kappa shape index (κ1) is 34.9. The fourth-order valence-electron chi connectivity index (χ4n) is 7.79. The van der Waals surface area contributed by atoms with E-state index in [1.807, 2.05) is 71.6 Å². The number of carbonyl (C=O) groups excluding carboxylic acids is 3. The number of unbranched alkanes of at least 4 members (excludes halogenated alkanes) is 1. The molecule has 1 fully saturated rings. The number of carbonyl (C=O) groups is 3. The van der Waals surface area contributed by atoms with Crippen molar-refractivity contribution < 1.29 is 14.4 Å². The lowest BCUT2D eigenvalue weighted by Gasteiger charge is -2.30. The Morgan fingerprint density at radius 3 is 2.24 bits per heavy atom. The minimum atomic E-state index is -0.860. The molecule has 2 aliphatic rings. The highest BCUT2D eigenvalue weighted by atomic mass is 16.2. The van der Waals surface area contributed by atoms with E-state index in [0.29, 0.717) is 25.3 Å². The molecule has 7 nitrogen and oxygen atoms in total. The van der Waals surface area contributed by atoms with Crippen LogP contribution in [0.15, 0.2) is 103 Å². The molecule has 7 heteroatoms. The molecule has 1 aliphatic heterocycles. The highest BCUT2D eigenvalue weighted by Gasteiger charge is 2.40. The summed E-state index contributed by atoms with van der Waals surface area (Å²) in [5.41, 5.74) is 13.0. The van der Waals surface area contributed by atoms with Crippen molar-refractivity contribution in [1.82, 2.24) is 5.32 Å². The number of anilines is 3. The van der Waals surface area contributed by atoms with Crippen molar-refractivity contribution in [2.75, 3.05) is 16.3 Å². The first-order valence-electron chi connectivity index (χ1n) is 18.3. The zero-order valence-electron chi connectivity index (χ0n) is 29.4. The first-order valence-corrected chi connectivity index (χ1v) is 18.3. The van der Waals surface area contributed by atoms with Gasteiger partial charge in [-0.05, 0) is 72.7 Å². The molecule has 0 bridgehead atoms. The van der Waals surface area contributed by atoms with E-state index in [9.17, 15) is 14.4 Å². The summed E-state index contributed by atoms with van der Waals surface area (Å²) in [5.74, 6) is -1.65. The van der Waals surface area contributed by atoms with Crippen molar-refractivity contribution >= 4 is 34.8 Å². The molecular formula is C43H50N4O3. The van der Waals surface area contributed by atoms with Gasteiger partial charge in [-0.2, -0.15) is 0 Å². The quantitative estimate of drug-likeness (QED) is 0.150. The van der Waals surface area contributed by atoms with Crippen LogP contribution in [-0.2, 0) is 20.9 Å². The van der Waals surface area contributed by atoms with Crippen molar-refractivity contribution in [3.8, 4) is 11.1 Å². The first-order chi connectivity index (χ1) is 24.3. The summed E-state index contributed by atoms with van der Waals surface area (Å²) in [5, 5.41) is 3.21. The molecule has 1 saturated carbocycles. The smallest absolute Gasteiger partial charge is 0.251 e. The van der Waals surface area contributed by atoms with Crippen LogP contribution in [0.2, 0.25) is 0 Å². The van der Waals surface area contributed by atoms with Crippen LogP contribution in [0.3, 0.4) is 0 Å². The number of nitrogens with two attached hydrogens (primary N) is 1. The standard InChI is InChI=1S/C43H50N4O3/c1-3-4-19-36(41(44)48)37(27-31-13-8-9-14-31)42(49)45-38-29-46(35-17-6-5-7-18-35)39-20-10-11-21-40(39)47(43(38)50)28-32-15-12-16-34(26-32)33-24-22-30(2)23-25-33/h5-7,10-12,15-18,20-26,31,36-38H,3-4,8-9,13-14,19,27-29H2,1-2H3,(H2,44,48)(H,45,49)/t36-,37+,38?/m0/s1. The molecule has 1 heterocycles. The van der Waals surface area contributed by atoms with Gasteiger partial charge in [-0.3, -0.25) is 14.4 Å². The Bertz CT molecular complexity index is 1770. The molecule has 3 N–H and O–H groups in total. The highest BCUT2D eigenvalue weighted by molar-refractivity contribution is 6.04. The number of primary amides is 1. The van der Waals surface area contributed by atoms with E-state index in [1.54, 1.807) is 0 Å². The number of benzene rings is 4. The number of rotatable bonds is 13. The fraction of sp³-hybridized carbons (Fsp3) is 0.372. The Balaban J connectivity index is 1.37. The summed E-state index contributed by atoms with van der Waals surface area (Å²) in [6.07, 6.45) is 7.30. The Hall–Kier alpha value is -4.91. The maximum absolute atomic E-state index is 14.9. The van der Waals surface area contributed by atoms with Crippen molar-refractivity contribution in [2.24, 2.45) is 23.5 Å². The van der Waals surface area contributed by atoms with Gasteiger partial charge < -0.3 is 20.9 Å². The maximum atomic E-state index is 14.9. The van der Waals surface area contributed by atoms with E-state index >= 15 is 0 Å². The molecule has 4 aromatic carbocycles. The molecule has 50 heavy (non-hydrogen) atoms. The number of nitrogens with one attached hydrogen (secondary N) is 1. The second kappa shape index (κ2) is 16.2. The van der Waals surface area contributed by atoms with Crippen LogP contribution in [0.5, 0.6) is 0 Å². The number of aryl methyl sites for hydroxylation is 1. The zero-order valence-corrected chi connectivity index (χ0v) is 29.4. The normalized spacial score (nSPS) is 17.6. The molecule has 6 rings (SSSR count). The van der Waals surface area contributed by atoms with Crippen molar-refractivity contribution in [3.05, 3.63) is 114 Å². The lowest BCUT2D eigenvalue weighted by atomic mass is 9.80. The van der Waals surface area contributed by atoms with Crippen LogP contribution in [0.1, 0.15) is 69.4 Å². The Kier molecular flexibility index (Phi) is 11.3. The predicted molar refractivity (Wildman–Crippen MR) is 202 cm³/mol. The number of para-hydroxylation sites is 3. The second-order valence-corrected chi connectivity index (χ2v) is 14.1. The Morgan fingerprint density at radius 1 is 0.840 bits per heavy atom. The van der Waals surface area contributed by atoms with Gasteiger partial charge in [0.05, 0.1) is 24.5 Å². The van der Waals surface area contributed by atoms with Gasteiger partial charge in [0.2, 0.25) is 11.8 Å². The average Bonchev–Trinajstić information content (AvgIpc) is 3.62. The van der Waals surface area contributed by atoms with E-state index < -0.39 is 23.8 Å². The molecule has 4 aromatic rings. The highest BCUT2D eigenvalue weighted by Crippen LogP contribution is 2.39. The van der Waals surface area contributed by atoms with Gasteiger partial charge in [-0.25, -0.2) is 0 Å². The lowest BCUT2D eigenvalue weighted by molar-refractivity contribution is -0.136. The number of nitrogens with zero attached hydrogens (tertiary/aromatic N) is 2. The van der Waals surface area contributed by atoms with Crippen LogP contribution in [0.25, 0.3) is 11.1 Å². The Morgan fingerprint density at radius 2 is 1.54 bits per heavy atom. The third-order valence-electron chi connectivity index (χ3n) is 10.5. The van der Waals surface area contributed by atoms with E-state index in [1.165, 1.54) is 5.56 Å². The van der Waals surface area contributed by atoms with Crippen LogP contribution in [0.4, 0.5) is 17.1 Å².